The number of piperidine rings is 1. The minimum absolute atomic E-state index is 0.325. The van der Waals surface area contributed by atoms with Crippen LogP contribution in [0.4, 0.5) is 0 Å². The smallest absolute Gasteiger partial charge is 0.223 e. The highest BCUT2D eigenvalue weighted by atomic mass is 16.2. The predicted molar refractivity (Wildman–Crippen MR) is 91.0 cm³/mol. The van der Waals surface area contributed by atoms with Crippen molar-refractivity contribution in [2.75, 3.05) is 59.4 Å². The number of carbonyl (C=O) groups excluding carboxylic acids is 1. The molecule has 2 fully saturated rings. The molecule has 2 rings (SSSR count). The molecule has 22 heavy (non-hydrogen) atoms. The van der Waals surface area contributed by atoms with Crippen molar-refractivity contribution in [3.05, 3.63) is 0 Å². The summed E-state index contributed by atoms with van der Waals surface area (Å²) in [7, 11) is 2.19. The number of nitrogens with one attached hydrogen (secondary N) is 1. The highest BCUT2D eigenvalue weighted by Gasteiger charge is 2.20. The highest BCUT2D eigenvalue weighted by molar-refractivity contribution is 5.76. The monoisotopic (exact) mass is 310 g/mol. The first-order chi connectivity index (χ1) is 10.5. The molecule has 2 aliphatic rings. The van der Waals surface area contributed by atoms with E-state index in [-0.39, 0.29) is 0 Å². The van der Waals surface area contributed by atoms with Crippen LogP contribution < -0.4 is 5.32 Å². The van der Waals surface area contributed by atoms with E-state index in [0.717, 1.165) is 45.2 Å². The van der Waals surface area contributed by atoms with Crippen LogP contribution in [0.15, 0.2) is 0 Å². The average Bonchev–Trinajstić information content (AvgIpc) is 2.50. The van der Waals surface area contributed by atoms with E-state index in [2.05, 4.69) is 36.0 Å². The van der Waals surface area contributed by atoms with Crippen LogP contribution >= 0.6 is 0 Å². The van der Waals surface area contributed by atoms with Gasteiger partial charge in [0.1, 0.15) is 0 Å². The molecule has 2 heterocycles. The lowest BCUT2D eigenvalue weighted by molar-refractivity contribution is -0.132. The van der Waals surface area contributed by atoms with Crippen molar-refractivity contribution in [2.45, 2.75) is 39.2 Å². The molecule has 128 valence electrons. The standard InChI is InChI=1S/C17H34N4O/c1-15-5-8-21(9-6-15)17(22)4-7-18-16(2)14-20-12-10-19(3)11-13-20/h15-16,18H,4-14H2,1-3H3/t16-/m0/s1. The van der Waals surface area contributed by atoms with Crippen molar-refractivity contribution in [1.29, 1.82) is 0 Å². The van der Waals surface area contributed by atoms with E-state index in [4.69, 9.17) is 0 Å². The number of piperazine rings is 1. The molecule has 0 aromatic carbocycles. The second-order valence-corrected chi connectivity index (χ2v) is 7.27. The first kappa shape index (κ1) is 17.7. The van der Waals surface area contributed by atoms with Gasteiger partial charge in [-0.3, -0.25) is 9.69 Å². The zero-order valence-corrected chi connectivity index (χ0v) is 14.7. The van der Waals surface area contributed by atoms with Crippen molar-refractivity contribution < 1.29 is 4.79 Å². The molecule has 0 bridgehead atoms. The molecule has 0 saturated carbocycles. The van der Waals surface area contributed by atoms with Gasteiger partial charge in [-0.25, -0.2) is 0 Å². The molecule has 1 N–H and O–H groups in total. The number of amides is 1. The first-order valence-corrected chi connectivity index (χ1v) is 8.96. The Kier molecular flexibility index (Phi) is 7.12. The third kappa shape index (κ3) is 5.86. The summed E-state index contributed by atoms with van der Waals surface area (Å²) in [5, 5.41) is 3.52. The topological polar surface area (TPSA) is 38.8 Å². The van der Waals surface area contributed by atoms with Gasteiger partial charge in [-0.2, -0.15) is 0 Å². The van der Waals surface area contributed by atoms with Crippen LogP contribution in [0.5, 0.6) is 0 Å². The average molecular weight is 310 g/mol. The first-order valence-electron chi connectivity index (χ1n) is 8.96. The molecule has 0 spiro atoms. The van der Waals surface area contributed by atoms with Crippen molar-refractivity contribution in [1.82, 2.24) is 20.0 Å². The Bertz CT molecular complexity index is 334. The van der Waals surface area contributed by atoms with E-state index in [1.54, 1.807) is 0 Å². The van der Waals surface area contributed by atoms with Gasteiger partial charge in [-0.15, -0.1) is 0 Å². The maximum Gasteiger partial charge on any atom is 0.223 e. The summed E-state index contributed by atoms with van der Waals surface area (Å²) in [4.78, 5) is 19.1. The molecule has 2 saturated heterocycles. The highest BCUT2D eigenvalue weighted by Crippen LogP contribution is 2.16. The number of carbonyl (C=O) groups is 1. The van der Waals surface area contributed by atoms with Crippen LogP contribution in [0.3, 0.4) is 0 Å². The van der Waals surface area contributed by atoms with E-state index in [1.165, 1.54) is 25.9 Å². The fourth-order valence-corrected chi connectivity index (χ4v) is 3.32. The maximum atomic E-state index is 12.2. The molecule has 5 nitrogen and oxygen atoms in total. The van der Waals surface area contributed by atoms with Crippen LogP contribution in [0.1, 0.15) is 33.1 Å². The molecular weight excluding hydrogens is 276 g/mol. The number of hydrogen-bond donors (Lipinski definition) is 1. The van der Waals surface area contributed by atoms with Gasteiger partial charge >= 0.3 is 0 Å². The van der Waals surface area contributed by atoms with E-state index in [0.29, 0.717) is 18.4 Å². The molecule has 0 aromatic heterocycles. The summed E-state index contributed by atoms with van der Waals surface area (Å²) >= 11 is 0. The SMILES string of the molecule is CC1CCN(C(=O)CCN[C@@H](C)CN2CCN(C)CC2)CC1. The Labute approximate surface area is 136 Å². The second-order valence-electron chi connectivity index (χ2n) is 7.27. The molecule has 0 aliphatic carbocycles. The largest absolute Gasteiger partial charge is 0.343 e. The van der Waals surface area contributed by atoms with Crippen molar-refractivity contribution >= 4 is 5.91 Å². The van der Waals surface area contributed by atoms with Gasteiger partial charge in [0.05, 0.1) is 0 Å². The van der Waals surface area contributed by atoms with Crippen LogP contribution in [-0.4, -0.2) is 86.1 Å². The molecular formula is C17H34N4O. The molecule has 1 atom stereocenters. The second kappa shape index (κ2) is 8.85. The van der Waals surface area contributed by atoms with Gasteiger partial charge in [-0.1, -0.05) is 6.92 Å². The van der Waals surface area contributed by atoms with E-state index in [1.807, 2.05) is 4.90 Å². The van der Waals surface area contributed by atoms with Gasteiger partial charge in [0, 0.05) is 64.8 Å². The van der Waals surface area contributed by atoms with Crippen LogP contribution in [0.25, 0.3) is 0 Å². The minimum atomic E-state index is 0.325. The van der Waals surface area contributed by atoms with Crippen molar-refractivity contribution in [3.8, 4) is 0 Å². The van der Waals surface area contributed by atoms with E-state index in [9.17, 15) is 4.79 Å². The zero-order chi connectivity index (χ0) is 15.9. The fraction of sp³-hybridized carbons (Fsp3) is 0.941. The van der Waals surface area contributed by atoms with E-state index >= 15 is 0 Å². The Morgan fingerprint density at radius 1 is 1.14 bits per heavy atom. The third-order valence-corrected chi connectivity index (χ3v) is 5.10. The lowest BCUT2D eigenvalue weighted by atomic mass is 9.99. The molecule has 2 aliphatic heterocycles. The Morgan fingerprint density at radius 2 is 1.77 bits per heavy atom. The fourth-order valence-electron chi connectivity index (χ4n) is 3.32. The lowest BCUT2D eigenvalue weighted by Crippen LogP contribution is -2.49. The summed E-state index contributed by atoms with van der Waals surface area (Å²) in [5.41, 5.74) is 0. The molecule has 1 amide bonds. The lowest BCUT2D eigenvalue weighted by Gasteiger charge is -2.34. The number of nitrogens with zero attached hydrogens (tertiary/aromatic N) is 3. The van der Waals surface area contributed by atoms with Gasteiger partial charge in [-0.05, 0) is 32.7 Å². The number of likely N-dealkylation sites (N-methyl/N-ethyl adjacent to an activating group) is 1. The van der Waals surface area contributed by atoms with E-state index < -0.39 is 0 Å². The number of likely N-dealkylation sites (tertiary alicyclic amines) is 1. The van der Waals surface area contributed by atoms with Crippen molar-refractivity contribution in [3.63, 3.8) is 0 Å². The molecule has 0 radical (unpaired) electrons. The van der Waals surface area contributed by atoms with Gasteiger partial charge in [0.2, 0.25) is 5.91 Å². The summed E-state index contributed by atoms with van der Waals surface area (Å²) in [5.74, 6) is 1.11. The van der Waals surface area contributed by atoms with Crippen LogP contribution in [-0.2, 0) is 4.79 Å². The minimum Gasteiger partial charge on any atom is -0.343 e. The summed E-state index contributed by atoms with van der Waals surface area (Å²) in [6, 6.07) is 0.456. The Morgan fingerprint density at radius 3 is 2.41 bits per heavy atom. The summed E-state index contributed by atoms with van der Waals surface area (Å²) < 4.78 is 0. The molecule has 0 aromatic rings. The predicted octanol–water partition coefficient (Wildman–Crippen LogP) is 0.861. The third-order valence-electron chi connectivity index (χ3n) is 5.10. The van der Waals surface area contributed by atoms with Crippen LogP contribution in [0, 0.1) is 5.92 Å². The summed E-state index contributed by atoms with van der Waals surface area (Å²) in [6.45, 7) is 13.0. The number of hydrogen-bond acceptors (Lipinski definition) is 4. The maximum absolute atomic E-state index is 12.2. The Balaban J connectivity index is 1.56. The van der Waals surface area contributed by atoms with Gasteiger partial charge in [0.25, 0.3) is 0 Å². The van der Waals surface area contributed by atoms with Gasteiger partial charge in [0.15, 0.2) is 0 Å². The zero-order valence-electron chi connectivity index (χ0n) is 14.7. The quantitative estimate of drug-likeness (QED) is 0.790. The number of rotatable bonds is 6. The Hall–Kier alpha value is -0.650. The normalized spacial score (nSPS) is 23.7. The van der Waals surface area contributed by atoms with Crippen molar-refractivity contribution in [2.24, 2.45) is 5.92 Å². The molecule has 0 unspecified atom stereocenters. The van der Waals surface area contributed by atoms with Crippen LogP contribution in [0.2, 0.25) is 0 Å². The molecule has 5 heteroatoms. The summed E-state index contributed by atoms with van der Waals surface area (Å²) in [6.07, 6.45) is 2.97. The van der Waals surface area contributed by atoms with Gasteiger partial charge < -0.3 is 15.1 Å².